The predicted molar refractivity (Wildman–Crippen MR) is 176 cm³/mol. The zero-order valence-corrected chi connectivity index (χ0v) is 26.9. The lowest BCUT2D eigenvalue weighted by Crippen LogP contribution is -2.07. The van der Waals surface area contributed by atoms with Crippen LogP contribution in [0.25, 0.3) is 22.5 Å². The molecule has 0 aliphatic carbocycles. The van der Waals surface area contributed by atoms with E-state index >= 15 is 0 Å². The summed E-state index contributed by atoms with van der Waals surface area (Å²) in [5.74, 6) is 1.33. The molecule has 0 spiro atoms. The molecule has 0 fully saturated rings. The Balaban J connectivity index is 0.000000202. The fourth-order valence-corrected chi connectivity index (χ4v) is 4.41. The zero-order chi connectivity index (χ0) is 37.5. The van der Waals surface area contributed by atoms with Gasteiger partial charge in [0.25, 0.3) is 0 Å². The molecule has 4 heterocycles. The molecule has 12 nitrogen and oxygen atoms in total. The Hall–Kier alpha value is -6.72. The lowest BCUT2D eigenvalue weighted by Gasteiger charge is -2.11. The average Bonchev–Trinajstić information content (AvgIpc) is 3.12. The fourth-order valence-electron chi connectivity index (χ4n) is 4.41. The second kappa shape index (κ2) is 15.4. The van der Waals surface area contributed by atoms with Crippen LogP contribution in [-0.2, 0) is 12.4 Å². The van der Waals surface area contributed by atoms with Gasteiger partial charge in [-0.05, 0) is 60.7 Å². The van der Waals surface area contributed by atoms with Gasteiger partial charge >= 0.3 is 12.4 Å². The summed E-state index contributed by atoms with van der Waals surface area (Å²) in [7, 11) is 3.08. The van der Waals surface area contributed by atoms with E-state index in [1.807, 2.05) is 6.07 Å². The first kappa shape index (κ1) is 36.6. The maximum atomic E-state index is 12.6. The molecule has 4 aromatic heterocycles. The number of phenols is 2. The predicted octanol–water partition coefficient (Wildman–Crippen LogP) is 8.03. The highest BCUT2D eigenvalue weighted by Crippen LogP contribution is 2.34. The van der Waals surface area contributed by atoms with Gasteiger partial charge in [-0.1, -0.05) is 0 Å². The van der Waals surface area contributed by atoms with Crippen molar-refractivity contribution in [1.82, 2.24) is 29.9 Å². The molecule has 0 aliphatic heterocycles. The van der Waals surface area contributed by atoms with Crippen LogP contribution in [0.15, 0.2) is 97.8 Å². The molecule has 0 atom stereocenters. The number of hydrogen-bond donors (Lipinski definition) is 4. The highest BCUT2D eigenvalue weighted by molar-refractivity contribution is 5.69. The quantitative estimate of drug-likeness (QED) is 0.0885. The summed E-state index contributed by atoms with van der Waals surface area (Å²) in [6.07, 6.45) is -4.21. The Bertz CT molecular complexity index is 2130. The Morgan fingerprint density at radius 2 is 1.00 bits per heavy atom. The molecule has 0 unspecified atom stereocenters. The molecule has 2 aromatic carbocycles. The standard InChI is InChI=1S/C18H15F3N4O2.C16H11F3N4O2/c1-26-14-5-3-11(7-15(14)27-2)13-8-17(24-10-23-13)25-12-4-6-16(22-9-12)18(19,20)21;17-16(18,19)14-4-2-10(7-20-14)23-15-6-11(21-8-22-15)9-1-3-12(24)13(25)5-9/h3-10H,1-2H3,(H,23,24,25);1-8,24-25H,(H,21,22,23). The number of aromatic nitrogens is 6. The fraction of sp³-hybridized carbons (Fsp3) is 0.118. The minimum absolute atomic E-state index is 0.257. The third-order valence-corrected chi connectivity index (χ3v) is 6.94. The first-order valence-corrected chi connectivity index (χ1v) is 14.7. The molecule has 0 saturated carbocycles. The monoisotopic (exact) mass is 724 g/mol. The van der Waals surface area contributed by atoms with Crippen molar-refractivity contribution in [3.8, 4) is 45.5 Å². The summed E-state index contributed by atoms with van der Waals surface area (Å²) >= 11 is 0. The highest BCUT2D eigenvalue weighted by atomic mass is 19.4. The van der Waals surface area contributed by atoms with Crippen LogP contribution in [-0.4, -0.2) is 54.3 Å². The molecular weight excluding hydrogens is 698 g/mol. The van der Waals surface area contributed by atoms with E-state index in [-0.39, 0.29) is 11.5 Å². The van der Waals surface area contributed by atoms with Crippen LogP contribution in [0.2, 0.25) is 0 Å². The molecule has 0 aliphatic rings. The number of hydrogen-bond acceptors (Lipinski definition) is 12. The first-order chi connectivity index (χ1) is 24.7. The van der Waals surface area contributed by atoms with Crippen molar-refractivity contribution in [3.05, 3.63) is 109 Å². The average molecular weight is 725 g/mol. The van der Waals surface area contributed by atoms with E-state index in [2.05, 4.69) is 40.5 Å². The molecule has 0 saturated heterocycles. The number of alkyl halides is 6. The zero-order valence-electron chi connectivity index (χ0n) is 26.9. The number of anilines is 4. The van der Waals surface area contributed by atoms with E-state index in [1.54, 1.807) is 37.4 Å². The van der Waals surface area contributed by atoms with Gasteiger partial charge in [0, 0.05) is 23.3 Å². The molecular formula is C34H26F6N8O4. The summed E-state index contributed by atoms with van der Waals surface area (Å²) in [4.78, 5) is 23.1. The van der Waals surface area contributed by atoms with Gasteiger partial charge in [0.2, 0.25) is 0 Å². The number of aromatic hydroxyl groups is 2. The summed E-state index contributed by atoms with van der Waals surface area (Å²) in [5.41, 5.74) is 1.12. The van der Waals surface area contributed by atoms with Crippen LogP contribution >= 0.6 is 0 Å². The number of benzene rings is 2. The van der Waals surface area contributed by atoms with Gasteiger partial charge < -0.3 is 30.3 Å². The lowest BCUT2D eigenvalue weighted by molar-refractivity contribution is -0.141. The van der Waals surface area contributed by atoms with Gasteiger partial charge in [-0.15, -0.1) is 0 Å². The summed E-state index contributed by atoms with van der Waals surface area (Å²) in [6, 6.07) is 17.0. The van der Waals surface area contributed by atoms with Gasteiger partial charge in [0.05, 0.1) is 49.4 Å². The maximum absolute atomic E-state index is 12.6. The molecule has 6 rings (SSSR count). The van der Waals surface area contributed by atoms with Crippen molar-refractivity contribution in [3.63, 3.8) is 0 Å². The summed E-state index contributed by atoms with van der Waals surface area (Å²) < 4.78 is 85.7. The normalized spacial score (nSPS) is 11.2. The number of phenolic OH excluding ortho intramolecular Hbond substituents is 2. The molecule has 18 heteroatoms. The minimum atomic E-state index is -4.50. The second-order valence-corrected chi connectivity index (χ2v) is 10.5. The molecule has 0 bridgehead atoms. The Kier molecular flexibility index (Phi) is 10.9. The van der Waals surface area contributed by atoms with E-state index in [1.165, 1.54) is 44.0 Å². The van der Waals surface area contributed by atoms with Crippen LogP contribution < -0.4 is 20.1 Å². The number of methoxy groups -OCH3 is 2. The van der Waals surface area contributed by atoms with Gasteiger partial charge in [-0.25, -0.2) is 29.9 Å². The number of rotatable bonds is 8. The van der Waals surface area contributed by atoms with Gasteiger partial charge in [-0.2, -0.15) is 26.3 Å². The van der Waals surface area contributed by atoms with Gasteiger partial charge in [-0.3, -0.25) is 0 Å². The van der Waals surface area contributed by atoms with Crippen LogP contribution in [0.4, 0.5) is 49.4 Å². The Labute approximate surface area is 290 Å². The largest absolute Gasteiger partial charge is 0.504 e. The van der Waals surface area contributed by atoms with Crippen LogP contribution in [0.1, 0.15) is 11.4 Å². The third kappa shape index (κ3) is 9.29. The Morgan fingerprint density at radius 1 is 0.519 bits per heavy atom. The molecule has 52 heavy (non-hydrogen) atoms. The van der Waals surface area contributed by atoms with Crippen LogP contribution in [0.3, 0.4) is 0 Å². The molecule has 268 valence electrons. The molecule has 6 aromatic rings. The van der Waals surface area contributed by atoms with E-state index in [9.17, 15) is 36.6 Å². The smallest absolute Gasteiger partial charge is 0.433 e. The Morgan fingerprint density at radius 3 is 1.42 bits per heavy atom. The topological polar surface area (TPSA) is 160 Å². The third-order valence-electron chi connectivity index (χ3n) is 6.94. The van der Waals surface area contributed by atoms with E-state index < -0.39 is 23.7 Å². The molecule has 0 radical (unpaired) electrons. The van der Waals surface area contributed by atoms with Crippen molar-refractivity contribution >= 4 is 23.0 Å². The number of pyridine rings is 2. The van der Waals surface area contributed by atoms with E-state index in [0.717, 1.165) is 30.1 Å². The van der Waals surface area contributed by atoms with Gasteiger partial charge in [0.15, 0.2) is 23.0 Å². The van der Waals surface area contributed by atoms with E-state index in [4.69, 9.17) is 9.47 Å². The highest BCUT2D eigenvalue weighted by Gasteiger charge is 2.32. The maximum Gasteiger partial charge on any atom is 0.433 e. The molecule has 0 amide bonds. The van der Waals surface area contributed by atoms with E-state index in [0.29, 0.717) is 51.5 Å². The second-order valence-electron chi connectivity index (χ2n) is 10.5. The van der Waals surface area contributed by atoms with Crippen molar-refractivity contribution < 1.29 is 46.0 Å². The number of ether oxygens (including phenoxy) is 2. The minimum Gasteiger partial charge on any atom is -0.504 e. The molecule has 4 N–H and O–H groups in total. The van der Waals surface area contributed by atoms with Crippen LogP contribution in [0, 0.1) is 0 Å². The van der Waals surface area contributed by atoms with Gasteiger partial charge in [0.1, 0.15) is 35.7 Å². The van der Waals surface area contributed by atoms with Crippen LogP contribution in [0.5, 0.6) is 23.0 Å². The number of halogens is 6. The van der Waals surface area contributed by atoms with Crippen molar-refractivity contribution in [2.24, 2.45) is 0 Å². The SMILES string of the molecule is COc1ccc(-c2cc(Nc3ccc(C(F)(F)F)nc3)ncn2)cc1OC.Oc1ccc(-c2cc(Nc3ccc(C(F)(F)F)nc3)ncn2)cc1O. The summed E-state index contributed by atoms with van der Waals surface area (Å²) in [6.45, 7) is 0. The first-order valence-electron chi connectivity index (χ1n) is 14.7. The number of nitrogens with one attached hydrogen (secondary N) is 2. The summed E-state index contributed by atoms with van der Waals surface area (Å²) in [5, 5.41) is 24.6. The van der Waals surface area contributed by atoms with Crippen molar-refractivity contribution in [1.29, 1.82) is 0 Å². The van der Waals surface area contributed by atoms with Crippen molar-refractivity contribution in [2.75, 3.05) is 24.9 Å². The van der Waals surface area contributed by atoms with Crippen molar-refractivity contribution in [2.45, 2.75) is 12.4 Å². The lowest BCUT2D eigenvalue weighted by atomic mass is 10.1. The number of nitrogens with zero attached hydrogens (tertiary/aromatic N) is 6.